The van der Waals surface area contributed by atoms with Gasteiger partial charge in [0.25, 0.3) is 0 Å². The van der Waals surface area contributed by atoms with Crippen molar-refractivity contribution >= 4 is 11.8 Å². The third-order valence-electron chi connectivity index (χ3n) is 4.16. The van der Waals surface area contributed by atoms with Crippen molar-refractivity contribution in [2.45, 2.75) is 32.4 Å². The number of nitrogens with zero attached hydrogens (tertiary/aromatic N) is 2. The summed E-state index contributed by atoms with van der Waals surface area (Å²) >= 11 is 0. The molecule has 1 aromatic carbocycles. The molecule has 126 valence electrons. The summed E-state index contributed by atoms with van der Waals surface area (Å²) < 4.78 is 13.5. The molecule has 1 aliphatic heterocycles. The first-order valence-electron chi connectivity index (χ1n) is 7.85. The molecule has 1 aliphatic rings. The van der Waals surface area contributed by atoms with Crippen LogP contribution >= 0.6 is 0 Å². The van der Waals surface area contributed by atoms with Crippen molar-refractivity contribution in [3.8, 4) is 0 Å². The Bertz CT molecular complexity index is 589. The number of nitrogens with one attached hydrogen (secondary N) is 1. The molecular formula is C17H24FN3O2. The zero-order chi connectivity index (χ0) is 17.0. The second-order valence-electron chi connectivity index (χ2n) is 6.22. The van der Waals surface area contributed by atoms with Crippen molar-refractivity contribution in [2.75, 3.05) is 27.2 Å². The van der Waals surface area contributed by atoms with Crippen LogP contribution in [0.25, 0.3) is 0 Å². The van der Waals surface area contributed by atoms with Gasteiger partial charge < -0.3 is 10.2 Å². The van der Waals surface area contributed by atoms with Gasteiger partial charge in [-0.05, 0) is 43.5 Å². The van der Waals surface area contributed by atoms with E-state index in [0.29, 0.717) is 5.56 Å². The minimum absolute atomic E-state index is 0.0379. The molecule has 0 spiro atoms. The first-order valence-corrected chi connectivity index (χ1v) is 7.85. The summed E-state index contributed by atoms with van der Waals surface area (Å²) in [4.78, 5) is 27.7. The number of likely N-dealkylation sites (N-methyl/N-ethyl adjacent to an activating group) is 1. The van der Waals surface area contributed by atoms with Crippen LogP contribution < -0.4 is 5.32 Å². The minimum Gasteiger partial charge on any atom is -0.351 e. The molecule has 6 heteroatoms. The molecule has 2 rings (SSSR count). The monoisotopic (exact) mass is 321 g/mol. The van der Waals surface area contributed by atoms with E-state index in [1.807, 2.05) is 4.90 Å². The molecule has 1 N–H and O–H groups in total. The van der Waals surface area contributed by atoms with Gasteiger partial charge in [-0.25, -0.2) is 4.39 Å². The van der Waals surface area contributed by atoms with E-state index in [4.69, 9.17) is 0 Å². The fourth-order valence-corrected chi connectivity index (χ4v) is 2.78. The van der Waals surface area contributed by atoms with Gasteiger partial charge in [0, 0.05) is 20.6 Å². The van der Waals surface area contributed by atoms with E-state index in [0.717, 1.165) is 24.9 Å². The molecule has 1 heterocycles. The lowest BCUT2D eigenvalue weighted by Gasteiger charge is -2.25. The zero-order valence-electron chi connectivity index (χ0n) is 13.9. The molecule has 0 aromatic heterocycles. The quantitative estimate of drug-likeness (QED) is 0.889. The van der Waals surface area contributed by atoms with Crippen LogP contribution in [-0.4, -0.2) is 54.8 Å². The lowest BCUT2D eigenvalue weighted by atomic mass is 10.1. The van der Waals surface area contributed by atoms with Crippen LogP contribution in [-0.2, 0) is 16.1 Å². The minimum atomic E-state index is -0.270. The third-order valence-corrected chi connectivity index (χ3v) is 4.16. The number of amides is 2. The standard InChI is InChI=1S/C17H24FN3O2/c1-12-6-7-13(9-14(12)18)10-19-16(22)11-21-8-4-5-15(21)17(23)20(2)3/h6-7,9,15H,4-5,8,10-11H2,1-3H3,(H,19,22). The number of halogens is 1. The first-order chi connectivity index (χ1) is 10.9. The fourth-order valence-electron chi connectivity index (χ4n) is 2.78. The Morgan fingerprint density at radius 1 is 1.39 bits per heavy atom. The van der Waals surface area contributed by atoms with Crippen molar-refractivity contribution in [3.05, 3.63) is 35.1 Å². The van der Waals surface area contributed by atoms with Gasteiger partial charge >= 0.3 is 0 Å². The highest BCUT2D eigenvalue weighted by Gasteiger charge is 2.32. The number of carbonyl (C=O) groups excluding carboxylic acids is 2. The number of benzene rings is 1. The summed E-state index contributed by atoms with van der Waals surface area (Å²) in [6.45, 7) is 2.93. The van der Waals surface area contributed by atoms with Crippen LogP contribution in [0.4, 0.5) is 4.39 Å². The van der Waals surface area contributed by atoms with Crippen LogP contribution in [0.3, 0.4) is 0 Å². The van der Waals surface area contributed by atoms with Crippen LogP contribution in [0.15, 0.2) is 18.2 Å². The van der Waals surface area contributed by atoms with E-state index < -0.39 is 0 Å². The van der Waals surface area contributed by atoms with Gasteiger partial charge in [-0.1, -0.05) is 12.1 Å². The summed E-state index contributed by atoms with van der Waals surface area (Å²) in [5, 5.41) is 2.79. The highest BCUT2D eigenvalue weighted by Crippen LogP contribution is 2.18. The van der Waals surface area contributed by atoms with Gasteiger partial charge in [0.15, 0.2) is 0 Å². The number of hydrogen-bond donors (Lipinski definition) is 1. The molecule has 0 saturated carbocycles. The van der Waals surface area contributed by atoms with E-state index in [9.17, 15) is 14.0 Å². The van der Waals surface area contributed by atoms with Crippen LogP contribution in [0, 0.1) is 12.7 Å². The Morgan fingerprint density at radius 3 is 2.78 bits per heavy atom. The summed E-state index contributed by atoms with van der Waals surface area (Å²) in [6, 6.07) is 4.72. The molecule has 23 heavy (non-hydrogen) atoms. The molecule has 1 aromatic rings. The Morgan fingerprint density at radius 2 is 2.13 bits per heavy atom. The molecule has 0 radical (unpaired) electrons. The lowest BCUT2D eigenvalue weighted by molar-refractivity contribution is -0.134. The van der Waals surface area contributed by atoms with Gasteiger partial charge in [0.1, 0.15) is 5.82 Å². The van der Waals surface area contributed by atoms with Crippen molar-refractivity contribution in [2.24, 2.45) is 0 Å². The van der Waals surface area contributed by atoms with Crippen molar-refractivity contribution in [1.29, 1.82) is 0 Å². The highest BCUT2D eigenvalue weighted by molar-refractivity contribution is 5.83. The lowest BCUT2D eigenvalue weighted by Crippen LogP contribution is -2.46. The largest absolute Gasteiger partial charge is 0.351 e. The van der Waals surface area contributed by atoms with Gasteiger partial charge in [0.2, 0.25) is 11.8 Å². The summed E-state index contributed by atoms with van der Waals surface area (Å²) in [5.74, 6) is -0.381. The Labute approximate surface area is 136 Å². The highest BCUT2D eigenvalue weighted by atomic mass is 19.1. The van der Waals surface area contributed by atoms with Gasteiger partial charge in [0.05, 0.1) is 12.6 Å². The van der Waals surface area contributed by atoms with Gasteiger partial charge in [-0.3, -0.25) is 14.5 Å². The van der Waals surface area contributed by atoms with E-state index in [2.05, 4.69) is 5.32 Å². The number of hydrogen-bond acceptors (Lipinski definition) is 3. The molecule has 1 atom stereocenters. The molecule has 1 saturated heterocycles. The maximum atomic E-state index is 13.5. The molecule has 0 aliphatic carbocycles. The van der Waals surface area contributed by atoms with Crippen LogP contribution in [0.5, 0.6) is 0 Å². The first kappa shape index (κ1) is 17.4. The Kier molecular flexibility index (Phi) is 5.71. The Hall–Kier alpha value is -1.95. The number of carbonyl (C=O) groups is 2. The molecule has 0 bridgehead atoms. The Balaban J connectivity index is 1.86. The van der Waals surface area contributed by atoms with Crippen LogP contribution in [0.2, 0.25) is 0 Å². The predicted molar refractivity (Wildman–Crippen MR) is 86.3 cm³/mol. The molecule has 1 unspecified atom stereocenters. The van der Waals surface area contributed by atoms with E-state index in [-0.39, 0.29) is 36.8 Å². The van der Waals surface area contributed by atoms with Crippen LogP contribution in [0.1, 0.15) is 24.0 Å². The SMILES string of the molecule is Cc1ccc(CNC(=O)CN2CCCC2C(=O)N(C)C)cc1F. The molecule has 2 amide bonds. The van der Waals surface area contributed by atoms with Gasteiger partial charge in [-0.15, -0.1) is 0 Å². The number of likely N-dealkylation sites (tertiary alicyclic amines) is 1. The molecule has 5 nitrogen and oxygen atoms in total. The van der Waals surface area contributed by atoms with E-state index in [1.54, 1.807) is 38.1 Å². The summed E-state index contributed by atoms with van der Waals surface area (Å²) in [6.07, 6.45) is 1.70. The van der Waals surface area contributed by atoms with Crippen molar-refractivity contribution in [3.63, 3.8) is 0 Å². The maximum Gasteiger partial charge on any atom is 0.239 e. The number of aryl methyl sites for hydroxylation is 1. The topological polar surface area (TPSA) is 52.7 Å². The smallest absolute Gasteiger partial charge is 0.239 e. The van der Waals surface area contributed by atoms with E-state index in [1.165, 1.54) is 6.07 Å². The van der Waals surface area contributed by atoms with Crippen molar-refractivity contribution < 1.29 is 14.0 Å². The van der Waals surface area contributed by atoms with E-state index >= 15 is 0 Å². The number of rotatable bonds is 5. The predicted octanol–water partition coefficient (Wildman–Crippen LogP) is 1.30. The summed E-state index contributed by atoms with van der Waals surface area (Å²) in [5.41, 5.74) is 1.31. The summed E-state index contributed by atoms with van der Waals surface area (Å²) in [7, 11) is 3.45. The molecular weight excluding hydrogens is 297 g/mol. The second-order valence-corrected chi connectivity index (χ2v) is 6.22. The average Bonchev–Trinajstić information content (AvgIpc) is 2.95. The zero-order valence-corrected chi connectivity index (χ0v) is 13.9. The average molecular weight is 321 g/mol. The second kappa shape index (κ2) is 7.55. The maximum absolute atomic E-state index is 13.5. The third kappa shape index (κ3) is 4.51. The van der Waals surface area contributed by atoms with Crippen molar-refractivity contribution in [1.82, 2.24) is 15.1 Å². The normalized spacial score (nSPS) is 18.0. The fraction of sp³-hybridized carbons (Fsp3) is 0.529. The van der Waals surface area contributed by atoms with Gasteiger partial charge in [-0.2, -0.15) is 0 Å². The molecule has 1 fully saturated rings.